The van der Waals surface area contributed by atoms with Gasteiger partial charge in [0, 0.05) is 48.7 Å². The lowest BCUT2D eigenvalue weighted by atomic mass is 9.98. The second-order valence-electron chi connectivity index (χ2n) is 8.51. The molecule has 3 amide bonds. The standard InChI is InChI=1S/C26H34N4O3/c1-4-29(5-2)25(32)20-9-11-22(12-10-20)28-24(31)18-27-23-8-6-7-21(17-23)26(33)30-15-13-19(3)14-16-30/h6-12,17,19,27H,4-5,13-16,18H2,1-3H3,(H,28,31). The number of amides is 3. The molecule has 2 aromatic carbocycles. The van der Waals surface area contributed by atoms with Crippen molar-refractivity contribution in [3.8, 4) is 0 Å². The van der Waals surface area contributed by atoms with Crippen LogP contribution < -0.4 is 10.6 Å². The summed E-state index contributed by atoms with van der Waals surface area (Å²) in [5.41, 5.74) is 2.57. The van der Waals surface area contributed by atoms with E-state index in [9.17, 15) is 14.4 Å². The highest BCUT2D eigenvalue weighted by molar-refractivity contribution is 5.97. The van der Waals surface area contributed by atoms with Gasteiger partial charge < -0.3 is 20.4 Å². The molecule has 0 unspecified atom stereocenters. The summed E-state index contributed by atoms with van der Waals surface area (Å²) in [6.07, 6.45) is 2.07. The van der Waals surface area contributed by atoms with Crippen LogP contribution in [0.1, 0.15) is 54.3 Å². The molecule has 1 fully saturated rings. The van der Waals surface area contributed by atoms with E-state index >= 15 is 0 Å². The number of likely N-dealkylation sites (tertiary alicyclic amines) is 1. The molecule has 1 saturated heterocycles. The average Bonchev–Trinajstić information content (AvgIpc) is 2.84. The predicted octanol–water partition coefficient (Wildman–Crippen LogP) is 4.09. The van der Waals surface area contributed by atoms with E-state index in [-0.39, 0.29) is 24.3 Å². The van der Waals surface area contributed by atoms with Crippen molar-refractivity contribution in [1.82, 2.24) is 9.80 Å². The van der Waals surface area contributed by atoms with Crippen molar-refractivity contribution in [2.24, 2.45) is 5.92 Å². The fraction of sp³-hybridized carbons (Fsp3) is 0.423. The van der Waals surface area contributed by atoms with E-state index in [1.54, 1.807) is 35.2 Å². The minimum atomic E-state index is -0.209. The Bertz CT molecular complexity index is 962. The molecule has 176 valence electrons. The number of hydrogen-bond donors (Lipinski definition) is 2. The van der Waals surface area contributed by atoms with Gasteiger partial charge in [-0.1, -0.05) is 13.0 Å². The van der Waals surface area contributed by atoms with Crippen molar-refractivity contribution < 1.29 is 14.4 Å². The van der Waals surface area contributed by atoms with Gasteiger partial charge in [0.05, 0.1) is 6.54 Å². The Morgan fingerprint density at radius 1 is 0.939 bits per heavy atom. The van der Waals surface area contributed by atoms with Crippen LogP contribution in [-0.4, -0.2) is 60.2 Å². The molecule has 0 aromatic heterocycles. The summed E-state index contributed by atoms with van der Waals surface area (Å²) in [4.78, 5) is 41.2. The van der Waals surface area contributed by atoms with Crippen LogP contribution in [0.15, 0.2) is 48.5 Å². The zero-order valence-corrected chi connectivity index (χ0v) is 19.8. The molecule has 0 spiro atoms. The number of benzene rings is 2. The number of rotatable bonds is 8. The molecule has 7 nitrogen and oxygen atoms in total. The minimum Gasteiger partial charge on any atom is -0.376 e. The van der Waals surface area contributed by atoms with E-state index in [4.69, 9.17) is 0 Å². The Labute approximate surface area is 196 Å². The first-order chi connectivity index (χ1) is 15.9. The monoisotopic (exact) mass is 450 g/mol. The summed E-state index contributed by atoms with van der Waals surface area (Å²) in [6.45, 7) is 9.08. The van der Waals surface area contributed by atoms with Gasteiger partial charge in [-0.05, 0) is 75.1 Å². The number of nitrogens with zero attached hydrogens (tertiary/aromatic N) is 2. The van der Waals surface area contributed by atoms with Gasteiger partial charge in [-0.15, -0.1) is 0 Å². The third-order valence-corrected chi connectivity index (χ3v) is 6.10. The van der Waals surface area contributed by atoms with E-state index < -0.39 is 0 Å². The van der Waals surface area contributed by atoms with Crippen LogP contribution in [-0.2, 0) is 4.79 Å². The van der Waals surface area contributed by atoms with Gasteiger partial charge in [0.15, 0.2) is 0 Å². The van der Waals surface area contributed by atoms with Crippen LogP contribution in [0.25, 0.3) is 0 Å². The number of carbonyl (C=O) groups is 3. The van der Waals surface area contributed by atoms with Crippen molar-refractivity contribution in [2.45, 2.75) is 33.6 Å². The molecule has 2 N–H and O–H groups in total. The molecule has 3 rings (SSSR count). The van der Waals surface area contributed by atoms with Crippen LogP contribution in [0.5, 0.6) is 0 Å². The fourth-order valence-electron chi connectivity index (χ4n) is 3.93. The number of anilines is 2. The largest absolute Gasteiger partial charge is 0.376 e. The van der Waals surface area contributed by atoms with E-state index in [1.807, 2.05) is 36.9 Å². The maximum Gasteiger partial charge on any atom is 0.253 e. The topological polar surface area (TPSA) is 81.8 Å². The number of hydrogen-bond acceptors (Lipinski definition) is 4. The van der Waals surface area contributed by atoms with Crippen LogP contribution in [0.2, 0.25) is 0 Å². The Balaban J connectivity index is 1.52. The van der Waals surface area contributed by atoms with Gasteiger partial charge in [0.2, 0.25) is 5.91 Å². The highest BCUT2D eigenvalue weighted by Crippen LogP contribution is 2.20. The zero-order valence-electron chi connectivity index (χ0n) is 19.8. The first-order valence-corrected chi connectivity index (χ1v) is 11.7. The van der Waals surface area contributed by atoms with Crippen LogP contribution in [0.4, 0.5) is 11.4 Å². The van der Waals surface area contributed by atoms with E-state index in [1.165, 1.54) is 0 Å². The molecule has 0 radical (unpaired) electrons. The maximum absolute atomic E-state index is 12.8. The molecule has 0 atom stereocenters. The SMILES string of the molecule is CCN(CC)C(=O)c1ccc(NC(=O)CNc2cccc(C(=O)N3CCC(C)CC3)c2)cc1. The quantitative estimate of drug-likeness (QED) is 0.635. The first-order valence-electron chi connectivity index (χ1n) is 11.7. The van der Waals surface area contributed by atoms with Crippen molar-refractivity contribution in [2.75, 3.05) is 43.4 Å². The van der Waals surface area contributed by atoms with Crippen LogP contribution >= 0.6 is 0 Å². The Morgan fingerprint density at radius 2 is 1.61 bits per heavy atom. The molecule has 1 heterocycles. The lowest BCUT2D eigenvalue weighted by Crippen LogP contribution is -2.37. The summed E-state index contributed by atoms with van der Waals surface area (Å²) >= 11 is 0. The summed E-state index contributed by atoms with van der Waals surface area (Å²) in [7, 11) is 0. The summed E-state index contributed by atoms with van der Waals surface area (Å²) in [5.74, 6) is 0.474. The number of piperidine rings is 1. The van der Waals surface area contributed by atoms with Gasteiger partial charge in [-0.2, -0.15) is 0 Å². The zero-order chi connectivity index (χ0) is 23.8. The molecule has 1 aliphatic heterocycles. The van der Waals surface area contributed by atoms with Crippen molar-refractivity contribution in [3.63, 3.8) is 0 Å². The van der Waals surface area contributed by atoms with E-state index in [2.05, 4.69) is 17.6 Å². The average molecular weight is 451 g/mol. The van der Waals surface area contributed by atoms with E-state index in [0.717, 1.165) is 31.6 Å². The Morgan fingerprint density at radius 3 is 2.24 bits per heavy atom. The first kappa shape index (κ1) is 24.3. The lowest BCUT2D eigenvalue weighted by Gasteiger charge is -2.30. The smallest absolute Gasteiger partial charge is 0.253 e. The van der Waals surface area contributed by atoms with Gasteiger partial charge in [0.1, 0.15) is 0 Å². The molecular weight excluding hydrogens is 416 g/mol. The minimum absolute atomic E-state index is 0.0203. The van der Waals surface area contributed by atoms with Gasteiger partial charge in [0.25, 0.3) is 11.8 Å². The molecule has 1 aliphatic rings. The molecule has 2 aromatic rings. The molecular formula is C26H34N4O3. The van der Waals surface area contributed by atoms with E-state index in [0.29, 0.717) is 35.8 Å². The third-order valence-electron chi connectivity index (χ3n) is 6.10. The van der Waals surface area contributed by atoms with Crippen LogP contribution in [0.3, 0.4) is 0 Å². The lowest BCUT2D eigenvalue weighted by molar-refractivity contribution is -0.114. The summed E-state index contributed by atoms with van der Waals surface area (Å²) in [5, 5.41) is 5.91. The number of nitrogens with one attached hydrogen (secondary N) is 2. The second-order valence-corrected chi connectivity index (χ2v) is 8.51. The highest BCUT2D eigenvalue weighted by atomic mass is 16.2. The maximum atomic E-state index is 12.8. The van der Waals surface area contributed by atoms with Crippen molar-refractivity contribution >= 4 is 29.1 Å². The highest BCUT2D eigenvalue weighted by Gasteiger charge is 2.21. The number of carbonyl (C=O) groups excluding carboxylic acids is 3. The Kier molecular flexibility index (Phi) is 8.46. The molecule has 0 aliphatic carbocycles. The molecule has 0 saturated carbocycles. The molecule has 0 bridgehead atoms. The normalized spacial score (nSPS) is 14.0. The summed E-state index contributed by atoms with van der Waals surface area (Å²) < 4.78 is 0. The van der Waals surface area contributed by atoms with Crippen molar-refractivity contribution in [3.05, 3.63) is 59.7 Å². The molecule has 7 heteroatoms. The van der Waals surface area contributed by atoms with Gasteiger partial charge in [-0.3, -0.25) is 14.4 Å². The molecule has 33 heavy (non-hydrogen) atoms. The van der Waals surface area contributed by atoms with Gasteiger partial charge >= 0.3 is 0 Å². The second kappa shape index (κ2) is 11.5. The predicted molar refractivity (Wildman–Crippen MR) is 132 cm³/mol. The van der Waals surface area contributed by atoms with Gasteiger partial charge in [-0.25, -0.2) is 0 Å². The van der Waals surface area contributed by atoms with Crippen LogP contribution in [0, 0.1) is 5.92 Å². The van der Waals surface area contributed by atoms with Crippen molar-refractivity contribution in [1.29, 1.82) is 0 Å². The Hall–Kier alpha value is -3.35. The fourth-order valence-corrected chi connectivity index (χ4v) is 3.93. The third kappa shape index (κ3) is 6.57. The summed E-state index contributed by atoms with van der Waals surface area (Å²) in [6, 6.07) is 14.2.